The summed E-state index contributed by atoms with van der Waals surface area (Å²) >= 11 is 9.14. The van der Waals surface area contributed by atoms with E-state index in [0.717, 1.165) is 6.42 Å². The number of nitrogens with two attached hydrogens (primary N) is 1. The smallest absolute Gasteiger partial charge is 0.265 e. The van der Waals surface area contributed by atoms with Crippen molar-refractivity contribution < 1.29 is 8.42 Å². The van der Waals surface area contributed by atoms with Crippen LogP contribution >= 0.6 is 27.5 Å². The summed E-state index contributed by atoms with van der Waals surface area (Å²) in [6.45, 7) is 1.10. The maximum Gasteiger partial charge on any atom is 0.265 e. The zero-order chi connectivity index (χ0) is 15.5. The van der Waals surface area contributed by atoms with Crippen LogP contribution in [-0.2, 0) is 16.6 Å². The summed E-state index contributed by atoms with van der Waals surface area (Å²) in [7, 11) is -3.71. The fourth-order valence-electron chi connectivity index (χ4n) is 1.64. The monoisotopic (exact) mass is 392 g/mol. The normalized spacial score (nSPS) is 11.6. The van der Waals surface area contributed by atoms with E-state index in [1.807, 2.05) is 0 Å². The van der Waals surface area contributed by atoms with Crippen LogP contribution < -0.4 is 10.5 Å². The minimum absolute atomic E-state index is 0.0893. The van der Waals surface area contributed by atoms with Crippen molar-refractivity contribution in [2.45, 2.75) is 17.9 Å². The molecule has 6 nitrogen and oxygen atoms in total. The number of aryl methyl sites for hydroxylation is 1. The van der Waals surface area contributed by atoms with E-state index in [9.17, 15) is 8.42 Å². The maximum atomic E-state index is 12.3. The summed E-state index contributed by atoms with van der Waals surface area (Å²) in [5.41, 5.74) is 5.78. The lowest BCUT2D eigenvalue weighted by Gasteiger charge is -2.08. The number of benzene rings is 1. The molecule has 1 heterocycles. The van der Waals surface area contributed by atoms with E-state index >= 15 is 0 Å². The maximum absolute atomic E-state index is 12.3. The Bertz CT molecular complexity index is 733. The van der Waals surface area contributed by atoms with Crippen molar-refractivity contribution in [2.24, 2.45) is 5.73 Å². The molecule has 114 valence electrons. The Morgan fingerprint density at radius 2 is 2.19 bits per heavy atom. The van der Waals surface area contributed by atoms with E-state index in [1.54, 1.807) is 16.8 Å². The van der Waals surface area contributed by atoms with Crippen molar-refractivity contribution in [1.82, 2.24) is 9.78 Å². The van der Waals surface area contributed by atoms with Gasteiger partial charge in [0.25, 0.3) is 10.0 Å². The van der Waals surface area contributed by atoms with Gasteiger partial charge >= 0.3 is 0 Å². The quantitative estimate of drug-likeness (QED) is 0.789. The second-order valence-corrected chi connectivity index (χ2v) is 7.28. The molecule has 0 radical (unpaired) electrons. The van der Waals surface area contributed by atoms with Crippen LogP contribution in [0.5, 0.6) is 0 Å². The number of hydrogen-bond donors (Lipinski definition) is 2. The highest BCUT2D eigenvalue weighted by atomic mass is 79.9. The van der Waals surface area contributed by atoms with Gasteiger partial charge < -0.3 is 5.73 Å². The van der Waals surface area contributed by atoms with Gasteiger partial charge in [-0.15, -0.1) is 0 Å². The number of anilines is 1. The van der Waals surface area contributed by atoms with Crippen molar-refractivity contribution in [3.05, 3.63) is 40.1 Å². The van der Waals surface area contributed by atoms with Crippen LogP contribution in [0.4, 0.5) is 5.69 Å². The molecule has 21 heavy (non-hydrogen) atoms. The van der Waals surface area contributed by atoms with Gasteiger partial charge in [0.15, 0.2) is 0 Å². The molecule has 0 bridgehead atoms. The lowest BCUT2D eigenvalue weighted by molar-refractivity contribution is 0.582. The molecule has 0 aliphatic heterocycles. The van der Waals surface area contributed by atoms with Gasteiger partial charge in [-0.2, -0.15) is 5.10 Å². The second kappa shape index (κ2) is 6.78. The molecular formula is C12H14BrClN4O2S. The first-order valence-electron chi connectivity index (χ1n) is 6.13. The summed E-state index contributed by atoms with van der Waals surface area (Å²) < 4.78 is 29.2. The Labute approximate surface area is 136 Å². The number of hydrogen-bond acceptors (Lipinski definition) is 4. The zero-order valence-corrected chi connectivity index (χ0v) is 14.1. The van der Waals surface area contributed by atoms with E-state index in [0.29, 0.717) is 28.3 Å². The van der Waals surface area contributed by atoms with Crippen molar-refractivity contribution in [3.8, 4) is 0 Å². The first-order chi connectivity index (χ1) is 9.92. The van der Waals surface area contributed by atoms with Gasteiger partial charge in [0.1, 0.15) is 4.90 Å². The average molecular weight is 394 g/mol. The number of nitrogens with one attached hydrogen (secondary N) is 1. The Balaban J connectivity index is 2.22. The van der Waals surface area contributed by atoms with Crippen LogP contribution in [0, 0.1) is 0 Å². The highest BCUT2D eigenvalue weighted by Gasteiger charge is 2.18. The summed E-state index contributed by atoms with van der Waals surface area (Å²) in [5, 5.41) is 4.45. The first-order valence-corrected chi connectivity index (χ1v) is 8.78. The minimum Gasteiger partial charge on any atom is -0.330 e. The van der Waals surface area contributed by atoms with Crippen LogP contribution in [0.2, 0.25) is 5.02 Å². The largest absolute Gasteiger partial charge is 0.330 e. The van der Waals surface area contributed by atoms with Crippen LogP contribution in [-0.4, -0.2) is 24.7 Å². The predicted octanol–water partition coefficient (Wildman–Crippen LogP) is 2.45. The highest BCUT2D eigenvalue weighted by molar-refractivity contribution is 9.10. The molecule has 2 rings (SSSR count). The van der Waals surface area contributed by atoms with Gasteiger partial charge in [-0.1, -0.05) is 11.6 Å². The van der Waals surface area contributed by atoms with Crippen LogP contribution in [0.1, 0.15) is 6.42 Å². The molecule has 1 aromatic carbocycles. The fourth-order valence-corrected chi connectivity index (χ4v) is 3.31. The van der Waals surface area contributed by atoms with Crippen molar-refractivity contribution in [3.63, 3.8) is 0 Å². The summed E-state index contributed by atoms with van der Waals surface area (Å²) in [4.78, 5) is 0.0893. The summed E-state index contributed by atoms with van der Waals surface area (Å²) in [5.74, 6) is 0. The fraction of sp³-hybridized carbons (Fsp3) is 0.250. The molecule has 0 aliphatic carbocycles. The molecule has 0 amide bonds. The molecule has 0 fully saturated rings. The third kappa shape index (κ3) is 4.19. The molecule has 1 aromatic heterocycles. The highest BCUT2D eigenvalue weighted by Crippen LogP contribution is 2.28. The molecule has 0 atom stereocenters. The molecule has 0 aliphatic rings. The summed E-state index contributed by atoms with van der Waals surface area (Å²) in [6, 6.07) is 4.86. The first kappa shape index (κ1) is 16.3. The molecule has 0 saturated carbocycles. The van der Waals surface area contributed by atoms with Crippen LogP contribution in [0.25, 0.3) is 0 Å². The Morgan fingerprint density at radius 1 is 1.43 bits per heavy atom. The van der Waals surface area contributed by atoms with Crippen molar-refractivity contribution in [1.29, 1.82) is 0 Å². The molecule has 9 heteroatoms. The van der Waals surface area contributed by atoms with E-state index in [2.05, 4.69) is 25.8 Å². The van der Waals surface area contributed by atoms with Crippen molar-refractivity contribution >= 4 is 43.2 Å². The summed E-state index contributed by atoms with van der Waals surface area (Å²) in [6.07, 6.45) is 3.50. The van der Waals surface area contributed by atoms with Crippen molar-refractivity contribution in [2.75, 3.05) is 11.3 Å². The van der Waals surface area contributed by atoms with Gasteiger partial charge in [-0.05, 0) is 47.1 Å². The number of aromatic nitrogens is 2. The lowest BCUT2D eigenvalue weighted by Crippen LogP contribution is -2.13. The molecular weight excluding hydrogens is 380 g/mol. The molecule has 0 spiro atoms. The van der Waals surface area contributed by atoms with Gasteiger partial charge in [0.2, 0.25) is 0 Å². The Morgan fingerprint density at radius 3 is 2.90 bits per heavy atom. The third-order valence-electron chi connectivity index (χ3n) is 2.68. The SMILES string of the molecule is NCCCn1cc(S(=O)(=O)Nc2cc(Cl)ccc2Br)cn1. The standard InChI is InChI=1S/C12H14BrClN4O2S/c13-11-3-2-9(14)6-12(11)17-21(19,20)10-7-16-18(8-10)5-1-4-15/h2-3,6-8,17H,1,4-5,15H2. The third-order valence-corrected chi connectivity index (χ3v) is 4.93. The predicted molar refractivity (Wildman–Crippen MR) is 85.9 cm³/mol. The topological polar surface area (TPSA) is 90.0 Å². The van der Waals surface area contributed by atoms with E-state index in [4.69, 9.17) is 17.3 Å². The lowest BCUT2D eigenvalue weighted by atomic mass is 10.3. The molecule has 3 N–H and O–H groups in total. The number of sulfonamides is 1. The number of halogens is 2. The second-order valence-electron chi connectivity index (χ2n) is 4.31. The number of rotatable bonds is 6. The van der Waals surface area contributed by atoms with E-state index < -0.39 is 10.0 Å². The Kier molecular flexibility index (Phi) is 5.26. The van der Waals surface area contributed by atoms with Gasteiger partial charge in [-0.25, -0.2) is 8.42 Å². The van der Waals surface area contributed by atoms with Crippen LogP contribution in [0.15, 0.2) is 40.0 Å². The zero-order valence-electron chi connectivity index (χ0n) is 11.0. The molecule has 2 aromatic rings. The molecule has 0 unspecified atom stereocenters. The minimum atomic E-state index is -3.71. The van der Waals surface area contributed by atoms with Gasteiger partial charge in [0, 0.05) is 22.2 Å². The van der Waals surface area contributed by atoms with E-state index in [-0.39, 0.29) is 4.90 Å². The number of nitrogens with zero attached hydrogens (tertiary/aromatic N) is 2. The Hall–Kier alpha value is -1.09. The van der Waals surface area contributed by atoms with E-state index in [1.165, 1.54) is 18.5 Å². The van der Waals surface area contributed by atoms with Gasteiger partial charge in [0.05, 0.1) is 11.9 Å². The van der Waals surface area contributed by atoms with Gasteiger partial charge in [-0.3, -0.25) is 9.40 Å². The van der Waals surface area contributed by atoms with Crippen LogP contribution in [0.3, 0.4) is 0 Å². The molecule has 0 saturated heterocycles. The average Bonchev–Trinajstić information content (AvgIpc) is 2.90.